The summed E-state index contributed by atoms with van der Waals surface area (Å²) in [6.07, 6.45) is -1.17. The lowest BCUT2D eigenvalue weighted by Gasteiger charge is -2.32. The Morgan fingerprint density at radius 2 is 2.00 bits per heavy atom. The quantitative estimate of drug-likeness (QED) is 0.619. The van der Waals surface area contributed by atoms with Gasteiger partial charge in [-0.3, -0.25) is 4.79 Å². The number of alkyl halides is 3. The number of ether oxygens (including phenoxy) is 1. The van der Waals surface area contributed by atoms with E-state index in [1.165, 1.54) is 0 Å². The predicted octanol–water partition coefficient (Wildman–Crippen LogP) is 5.57. The monoisotopic (exact) mass is 483 g/mol. The highest BCUT2D eigenvalue weighted by Crippen LogP contribution is 2.39. The van der Waals surface area contributed by atoms with E-state index in [2.05, 4.69) is 26.2 Å². The molecule has 1 aliphatic carbocycles. The van der Waals surface area contributed by atoms with E-state index in [9.17, 15) is 18.0 Å². The van der Waals surface area contributed by atoms with Crippen LogP contribution in [-0.2, 0) is 16.1 Å². The molecular weight excluding hydrogens is 463 g/mol. The number of anilines is 3. The van der Waals surface area contributed by atoms with Gasteiger partial charge in [-0.05, 0) is 49.9 Å². The Hall–Kier alpha value is -2.13. The van der Waals surface area contributed by atoms with Gasteiger partial charge in [0.15, 0.2) is 0 Å². The van der Waals surface area contributed by atoms with Gasteiger partial charge in [-0.2, -0.15) is 13.2 Å². The van der Waals surface area contributed by atoms with Gasteiger partial charge in [0.25, 0.3) is 0 Å². The highest BCUT2D eigenvalue weighted by molar-refractivity contribution is 9.10. The Labute approximate surface area is 180 Å². The van der Waals surface area contributed by atoms with Crippen molar-refractivity contribution in [1.29, 1.82) is 0 Å². The van der Waals surface area contributed by atoms with Crippen molar-refractivity contribution in [2.75, 3.05) is 16.8 Å². The molecular formula is C21H21BrF3N3O2. The Balaban J connectivity index is 1.52. The summed E-state index contributed by atoms with van der Waals surface area (Å²) in [6.45, 7) is -0.859. The minimum atomic E-state index is -4.33. The minimum Gasteiger partial charge on any atom is -0.369 e. The van der Waals surface area contributed by atoms with Crippen LogP contribution in [-0.4, -0.2) is 29.8 Å². The Morgan fingerprint density at radius 1 is 1.23 bits per heavy atom. The number of pyridine rings is 1. The van der Waals surface area contributed by atoms with E-state index >= 15 is 0 Å². The number of amides is 1. The van der Waals surface area contributed by atoms with Crippen molar-refractivity contribution in [3.8, 4) is 0 Å². The molecule has 160 valence electrons. The molecule has 5 nitrogen and oxygen atoms in total. The number of halogens is 4. The van der Waals surface area contributed by atoms with E-state index in [-0.39, 0.29) is 11.8 Å². The number of nitrogens with one attached hydrogen (secondary N) is 1. The molecule has 1 aromatic heterocycles. The molecule has 2 aromatic rings. The van der Waals surface area contributed by atoms with Crippen LogP contribution in [0.2, 0.25) is 0 Å². The molecule has 0 saturated heterocycles. The number of rotatable bonds is 3. The van der Waals surface area contributed by atoms with E-state index in [0.717, 1.165) is 21.4 Å². The minimum absolute atomic E-state index is 0.0258. The number of aromatic nitrogens is 1. The second kappa shape index (κ2) is 8.55. The van der Waals surface area contributed by atoms with Crippen molar-refractivity contribution < 1.29 is 22.7 Å². The summed E-state index contributed by atoms with van der Waals surface area (Å²) in [5.41, 5.74) is 2.44. The molecule has 1 N–H and O–H groups in total. The van der Waals surface area contributed by atoms with Crippen LogP contribution in [0.1, 0.15) is 31.2 Å². The number of nitrogens with zero attached hydrogens (tertiary/aromatic N) is 2. The fourth-order valence-corrected chi connectivity index (χ4v) is 4.35. The van der Waals surface area contributed by atoms with Crippen molar-refractivity contribution in [3.63, 3.8) is 0 Å². The second-order valence-electron chi connectivity index (χ2n) is 7.62. The van der Waals surface area contributed by atoms with Crippen LogP contribution in [0.3, 0.4) is 0 Å². The maximum atomic E-state index is 13.5. The summed E-state index contributed by atoms with van der Waals surface area (Å²) in [4.78, 5) is 19.6. The van der Waals surface area contributed by atoms with Gasteiger partial charge in [0.1, 0.15) is 12.4 Å². The Morgan fingerprint density at radius 3 is 2.73 bits per heavy atom. The molecule has 1 aliphatic heterocycles. The topological polar surface area (TPSA) is 54.5 Å². The van der Waals surface area contributed by atoms with Crippen molar-refractivity contribution >= 4 is 39.0 Å². The number of fused-ring (bicyclic) bond motifs is 2. The van der Waals surface area contributed by atoms with Crippen molar-refractivity contribution in [1.82, 2.24) is 4.98 Å². The van der Waals surface area contributed by atoms with Crippen LogP contribution in [0.4, 0.5) is 30.4 Å². The van der Waals surface area contributed by atoms with Crippen LogP contribution in [0, 0.1) is 5.92 Å². The Bertz CT molecular complexity index is 930. The van der Waals surface area contributed by atoms with E-state index in [4.69, 9.17) is 4.74 Å². The van der Waals surface area contributed by atoms with Crippen LogP contribution in [0.25, 0.3) is 0 Å². The van der Waals surface area contributed by atoms with Crippen LogP contribution >= 0.6 is 15.9 Å². The fraction of sp³-hybridized carbons (Fsp3) is 0.429. The lowest BCUT2D eigenvalue weighted by Crippen LogP contribution is -2.38. The predicted molar refractivity (Wildman–Crippen MR) is 111 cm³/mol. The normalized spacial score (nSPS) is 21.3. The molecule has 1 fully saturated rings. The molecule has 2 aliphatic rings. The van der Waals surface area contributed by atoms with Crippen LogP contribution in [0.15, 0.2) is 41.0 Å². The fourth-order valence-electron chi connectivity index (χ4n) is 4.00. The number of carbonyl (C=O) groups excluding carboxylic acids is 1. The van der Waals surface area contributed by atoms with Gasteiger partial charge in [0, 0.05) is 22.2 Å². The summed E-state index contributed by atoms with van der Waals surface area (Å²) < 4.78 is 43.0. The van der Waals surface area contributed by atoms with Crippen molar-refractivity contribution in [2.24, 2.45) is 5.92 Å². The SMILES string of the molecule is O=C(C1CCC(OCC(F)(F)F)CC1)N1Cc2cccnc2Nc2ccc(Br)cc21. The zero-order chi connectivity index (χ0) is 21.3. The van der Waals surface area contributed by atoms with Gasteiger partial charge in [0.05, 0.1) is 24.0 Å². The molecule has 9 heteroatoms. The Kier molecular flexibility index (Phi) is 6.02. The van der Waals surface area contributed by atoms with E-state index < -0.39 is 18.9 Å². The van der Waals surface area contributed by atoms with E-state index in [0.29, 0.717) is 38.0 Å². The molecule has 0 bridgehead atoms. The van der Waals surface area contributed by atoms with Crippen LogP contribution < -0.4 is 10.2 Å². The van der Waals surface area contributed by atoms with Gasteiger partial charge in [-0.25, -0.2) is 4.98 Å². The zero-order valence-electron chi connectivity index (χ0n) is 16.1. The van der Waals surface area contributed by atoms with Gasteiger partial charge < -0.3 is 15.0 Å². The molecule has 0 atom stereocenters. The molecule has 1 amide bonds. The van der Waals surface area contributed by atoms with Gasteiger partial charge in [-0.1, -0.05) is 22.0 Å². The molecule has 0 radical (unpaired) electrons. The summed E-state index contributed by atoms with van der Waals surface area (Å²) in [5.74, 6) is 0.434. The van der Waals surface area contributed by atoms with E-state index in [1.807, 2.05) is 30.3 Å². The maximum Gasteiger partial charge on any atom is 0.411 e. The smallest absolute Gasteiger partial charge is 0.369 e. The molecule has 1 aromatic carbocycles. The summed E-state index contributed by atoms with van der Waals surface area (Å²) >= 11 is 3.47. The third-order valence-corrected chi connectivity index (χ3v) is 5.99. The molecule has 30 heavy (non-hydrogen) atoms. The second-order valence-corrected chi connectivity index (χ2v) is 8.54. The van der Waals surface area contributed by atoms with Crippen LogP contribution in [0.5, 0.6) is 0 Å². The van der Waals surface area contributed by atoms with Crippen molar-refractivity contribution in [2.45, 2.75) is 44.5 Å². The standard InChI is InChI=1S/C21H21BrF3N3O2/c22-15-5-8-17-18(10-15)28(11-14-2-1-9-26-19(14)27-17)20(29)13-3-6-16(7-4-13)30-12-21(23,24)25/h1-2,5,8-10,13,16H,3-4,6-7,11-12H2,(H,26,27). The zero-order valence-corrected chi connectivity index (χ0v) is 17.7. The number of carbonyl (C=O) groups is 1. The average Bonchev–Trinajstić information content (AvgIpc) is 2.88. The lowest BCUT2D eigenvalue weighted by atomic mass is 9.86. The summed E-state index contributed by atoms with van der Waals surface area (Å²) in [5, 5.41) is 3.30. The first-order valence-corrected chi connectivity index (χ1v) is 10.6. The summed E-state index contributed by atoms with van der Waals surface area (Å²) in [6, 6.07) is 9.44. The highest BCUT2D eigenvalue weighted by Gasteiger charge is 2.35. The average molecular weight is 484 g/mol. The van der Waals surface area contributed by atoms with Gasteiger partial charge in [0.2, 0.25) is 5.91 Å². The lowest BCUT2D eigenvalue weighted by molar-refractivity contribution is -0.188. The molecule has 0 unspecified atom stereocenters. The largest absolute Gasteiger partial charge is 0.411 e. The molecule has 0 spiro atoms. The molecule has 2 heterocycles. The highest BCUT2D eigenvalue weighted by atomic mass is 79.9. The maximum absolute atomic E-state index is 13.5. The van der Waals surface area contributed by atoms with Gasteiger partial charge in [-0.15, -0.1) is 0 Å². The first kappa shape index (κ1) is 21.1. The molecule has 4 rings (SSSR count). The van der Waals surface area contributed by atoms with Gasteiger partial charge >= 0.3 is 6.18 Å². The first-order valence-electron chi connectivity index (χ1n) is 9.80. The summed E-state index contributed by atoms with van der Waals surface area (Å²) in [7, 11) is 0. The van der Waals surface area contributed by atoms with E-state index in [1.54, 1.807) is 11.1 Å². The third-order valence-electron chi connectivity index (χ3n) is 5.50. The third kappa shape index (κ3) is 4.78. The number of hydrogen-bond acceptors (Lipinski definition) is 4. The van der Waals surface area contributed by atoms with Crippen molar-refractivity contribution in [3.05, 3.63) is 46.6 Å². The first-order chi connectivity index (χ1) is 14.3. The number of hydrogen-bond donors (Lipinski definition) is 1. The number of benzene rings is 1. The molecule has 1 saturated carbocycles.